The maximum Gasteiger partial charge on any atom is 0.157 e. The molecule has 1 heterocycles. The first-order valence-electron chi connectivity index (χ1n) is 10.8. The first-order chi connectivity index (χ1) is 12.4. The lowest BCUT2D eigenvalue weighted by molar-refractivity contribution is -0.229. The second-order valence-corrected chi connectivity index (χ2v) is 7.34. The second-order valence-electron chi connectivity index (χ2n) is 7.34. The van der Waals surface area contributed by atoms with Gasteiger partial charge >= 0.3 is 0 Å². The molecule has 0 aromatic heterocycles. The molecule has 1 fully saturated rings. The summed E-state index contributed by atoms with van der Waals surface area (Å²) in [5.74, 6) is 0. The minimum Gasteiger partial charge on any atom is -0.394 e. The Hall–Kier alpha value is -0.160. The number of hydrogen-bond donors (Lipinski definition) is 1. The SMILES string of the molecule is CCCCCCCCCCCCCCCC1OCC(OCCO)CO1. The Bertz CT molecular complexity index is 265. The molecule has 0 radical (unpaired) electrons. The Morgan fingerprint density at radius 2 is 1.24 bits per heavy atom. The lowest BCUT2D eigenvalue weighted by atomic mass is 10.0. The van der Waals surface area contributed by atoms with E-state index in [2.05, 4.69) is 6.92 Å². The van der Waals surface area contributed by atoms with Gasteiger partial charge in [0.15, 0.2) is 6.29 Å². The zero-order chi connectivity index (χ0) is 18.0. The molecule has 1 aliphatic heterocycles. The number of aliphatic hydroxyl groups excluding tert-OH is 1. The predicted molar refractivity (Wildman–Crippen MR) is 103 cm³/mol. The Morgan fingerprint density at radius 3 is 1.72 bits per heavy atom. The fourth-order valence-corrected chi connectivity index (χ4v) is 3.34. The zero-order valence-corrected chi connectivity index (χ0v) is 16.6. The Kier molecular flexibility index (Phi) is 15.8. The number of rotatable bonds is 17. The first-order valence-corrected chi connectivity index (χ1v) is 10.8. The average Bonchev–Trinajstić information content (AvgIpc) is 2.65. The van der Waals surface area contributed by atoms with Crippen LogP contribution in [0.3, 0.4) is 0 Å². The van der Waals surface area contributed by atoms with Crippen LogP contribution < -0.4 is 0 Å². The number of ether oxygens (including phenoxy) is 3. The molecule has 25 heavy (non-hydrogen) atoms. The second kappa shape index (κ2) is 17.3. The van der Waals surface area contributed by atoms with Crippen molar-refractivity contribution in [2.24, 2.45) is 0 Å². The van der Waals surface area contributed by atoms with E-state index in [1.807, 2.05) is 0 Å². The van der Waals surface area contributed by atoms with Crippen molar-refractivity contribution in [1.82, 2.24) is 0 Å². The van der Waals surface area contributed by atoms with Gasteiger partial charge in [0.1, 0.15) is 6.10 Å². The Balaban J connectivity index is 1.76. The summed E-state index contributed by atoms with van der Waals surface area (Å²) in [6.07, 6.45) is 18.8. The van der Waals surface area contributed by atoms with E-state index in [4.69, 9.17) is 19.3 Å². The van der Waals surface area contributed by atoms with E-state index in [0.29, 0.717) is 19.8 Å². The maximum absolute atomic E-state index is 8.73. The molecule has 150 valence electrons. The largest absolute Gasteiger partial charge is 0.394 e. The predicted octanol–water partition coefficient (Wildman–Crippen LogP) is 5.22. The third-order valence-corrected chi connectivity index (χ3v) is 4.92. The molecular formula is C21H42O4. The van der Waals surface area contributed by atoms with Gasteiger partial charge in [-0.3, -0.25) is 0 Å². The summed E-state index contributed by atoms with van der Waals surface area (Å²) in [6, 6.07) is 0. The van der Waals surface area contributed by atoms with Crippen LogP contribution in [0.4, 0.5) is 0 Å². The summed E-state index contributed by atoms with van der Waals surface area (Å²) in [5, 5.41) is 8.73. The van der Waals surface area contributed by atoms with Crippen LogP contribution in [0.1, 0.15) is 96.8 Å². The molecule has 0 saturated carbocycles. The van der Waals surface area contributed by atoms with Crippen LogP contribution in [0.25, 0.3) is 0 Å². The smallest absolute Gasteiger partial charge is 0.157 e. The lowest BCUT2D eigenvalue weighted by Crippen LogP contribution is -2.37. The minimum atomic E-state index is -0.0540. The summed E-state index contributed by atoms with van der Waals surface area (Å²) < 4.78 is 16.7. The quantitative estimate of drug-likeness (QED) is 0.362. The van der Waals surface area contributed by atoms with Crippen molar-refractivity contribution in [1.29, 1.82) is 0 Å². The van der Waals surface area contributed by atoms with Crippen molar-refractivity contribution in [3.05, 3.63) is 0 Å². The molecule has 0 amide bonds. The van der Waals surface area contributed by atoms with E-state index in [-0.39, 0.29) is 19.0 Å². The van der Waals surface area contributed by atoms with Crippen LogP contribution in [0.5, 0.6) is 0 Å². The topological polar surface area (TPSA) is 47.9 Å². The van der Waals surface area contributed by atoms with Crippen LogP contribution in [0.15, 0.2) is 0 Å². The molecule has 4 heteroatoms. The molecule has 4 nitrogen and oxygen atoms in total. The molecule has 0 aromatic carbocycles. The standard InChI is InChI=1S/C21H42O4/c1-2-3-4-5-6-7-8-9-10-11-12-13-14-15-21-24-18-20(19-25-21)23-17-16-22/h20-22H,2-19H2,1H3. The summed E-state index contributed by atoms with van der Waals surface area (Å²) in [6.45, 7) is 3.87. The zero-order valence-electron chi connectivity index (χ0n) is 16.6. The highest BCUT2D eigenvalue weighted by molar-refractivity contribution is 4.63. The van der Waals surface area contributed by atoms with E-state index in [1.54, 1.807) is 0 Å². The third-order valence-electron chi connectivity index (χ3n) is 4.92. The van der Waals surface area contributed by atoms with Gasteiger partial charge in [-0.15, -0.1) is 0 Å². The van der Waals surface area contributed by atoms with E-state index in [1.165, 1.54) is 83.5 Å². The van der Waals surface area contributed by atoms with Crippen LogP contribution >= 0.6 is 0 Å². The molecule has 1 aliphatic rings. The normalized spacial score (nSPS) is 20.9. The van der Waals surface area contributed by atoms with Crippen molar-refractivity contribution in [2.75, 3.05) is 26.4 Å². The molecule has 0 atom stereocenters. The molecule has 1 N–H and O–H groups in total. The Labute approximate surface area is 155 Å². The van der Waals surface area contributed by atoms with E-state index in [0.717, 1.165) is 6.42 Å². The van der Waals surface area contributed by atoms with Crippen LogP contribution in [-0.4, -0.2) is 43.9 Å². The number of unbranched alkanes of at least 4 members (excludes halogenated alkanes) is 12. The van der Waals surface area contributed by atoms with Gasteiger partial charge < -0.3 is 19.3 Å². The fourth-order valence-electron chi connectivity index (χ4n) is 3.34. The van der Waals surface area contributed by atoms with Gasteiger partial charge in [0.2, 0.25) is 0 Å². The fraction of sp³-hybridized carbons (Fsp3) is 1.00. The highest BCUT2D eigenvalue weighted by Gasteiger charge is 2.21. The van der Waals surface area contributed by atoms with E-state index < -0.39 is 0 Å². The summed E-state index contributed by atoms with van der Waals surface area (Å²) in [5.41, 5.74) is 0. The number of aliphatic hydroxyl groups is 1. The minimum absolute atomic E-state index is 0.0185. The van der Waals surface area contributed by atoms with Crippen molar-refractivity contribution in [2.45, 2.75) is 109 Å². The summed E-state index contributed by atoms with van der Waals surface area (Å²) >= 11 is 0. The van der Waals surface area contributed by atoms with Gasteiger partial charge in [0.05, 0.1) is 26.4 Å². The van der Waals surface area contributed by atoms with Crippen molar-refractivity contribution < 1.29 is 19.3 Å². The van der Waals surface area contributed by atoms with Gasteiger partial charge in [-0.25, -0.2) is 0 Å². The lowest BCUT2D eigenvalue weighted by Gasteiger charge is -2.29. The van der Waals surface area contributed by atoms with E-state index >= 15 is 0 Å². The maximum atomic E-state index is 8.73. The summed E-state index contributed by atoms with van der Waals surface area (Å²) in [7, 11) is 0. The van der Waals surface area contributed by atoms with Crippen molar-refractivity contribution in [3.63, 3.8) is 0 Å². The molecule has 0 bridgehead atoms. The van der Waals surface area contributed by atoms with Crippen LogP contribution in [-0.2, 0) is 14.2 Å². The highest BCUT2D eigenvalue weighted by Crippen LogP contribution is 2.16. The van der Waals surface area contributed by atoms with Crippen LogP contribution in [0.2, 0.25) is 0 Å². The van der Waals surface area contributed by atoms with Crippen molar-refractivity contribution in [3.8, 4) is 0 Å². The molecule has 0 spiro atoms. The van der Waals surface area contributed by atoms with Gasteiger partial charge in [-0.05, 0) is 12.8 Å². The molecule has 0 unspecified atom stereocenters. The first kappa shape index (κ1) is 22.9. The van der Waals surface area contributed by atoms with E-state index in [9.17, 15) is 0 Å². The average molecular weight is 359 g/mol. The Morgan fingerprint density at radius 1 is 0.760 bits per heavy atom. The van der Waals surface area contributed by atoms with Gasteiger partial charge in [-0.1, -0.05) is 84.0 Å². The van der Waals surface area contributed by atoms with Gasteiger partial charge in [-0.2, -0.15) is 0 Å². The molecular weight excluding hydrogens is 316 g/mol. The number of hydrogen-bond acceptors (Lipinski definition) is 4. The van der Waals surface area contributed by atoms with Gasteiger partial charge in [0.25, 0.3) is 0 Å². The molecule has 1 saturated heterocycles. The highest BCUT2D eigenvalue weighted by atomic mass is 16.7. The third kappa shape index (κ3) is 13.7. The summed E-state index contributed by atoms with van der Waals surface area (Å²) in [4.78, 5) is 0. The molecule has 0 aromatic rings. The van der Waals surface area contributed by atoms with Crippen LogP contribution in [0, 0.1) is 0 Å². The monoisotopic (exact) mass is 358 g/mol. The molecule has 1 rings (SSSR count). The molecule has 0 aliphatic carbocycles. The van der Waals surface area contributed by atoms with Crippen molar-refractivity contribution >= 4 is 0 Å². The van der Waals surface area contributed by atoms with Gasteiger partial charge in [0, 0.05) is 0 Å².